The van der Waals surface area contributed by atoms with Crippen LogP contribution in [0.4, 0.5) is 4.79 Å². The van der Waals surface area contributed by atoms with Crippen molar-refractivity contribution in [2.45, 2.75) is 91.3 Å². The molecule has 1 rings (SSSR count). The normalized spacial score (nSPS) is 23.9. The second-order valence-electron chi connectivity index (χ2n) is 9.78. The van der Waals surface area contributed by atoms with Crippen LogP contribution in [0.2, 0.25) is 18.1 Å². The fourth-order valence-electron chi connectivity index (χ4n) is 2.89. The molecule has 2 amide bonds. The van der Waals surface area contributed by atoms with Gasteiger partial charge in [-0.2, -0.15) is 0 Å². The van der Waals surface area contributed by atoms with Crippen molar-refractivity contribution in [2.24, 2.45) is 11.8 Å². The Labute approximate surface area is 158 Å². The van der Waals surface area contributed by atoms with Crippen molar-refractivity contribution in [3.05, 3.63) is 0 Å². The Hall–Kier alpha value is -1.21. The molecule has 0 aromatic carbocycles. The summed E-state index contributed by atoms with van der Waals surface area (Å²) in [7, 11) is -2.08. The molecule has 0 radical (unpaired) electrons. The zero-order valence-electron chi connectivity index (χ0n) is 17.9. The summed E-state index contributed by atoms with van der Waals surface area (Å²) in [5, 5.41) is 0.00464. The molecule has 0 aromatic heterocycles. The molecule has 6 nitrogen and oxygen atoms in total. The lowest BCUT2D eigenvalue weighted by Gasteiger charge is -2.51. The van der Waals surface area contributed by atoms with E-state index in [1.165, 1.54) is 0 Å². The Morgan fingerprint density at radius 1 is 1.15 bits per heavy atom. The number of rotatable bonds is 5. The summed E-state index contributed by atoms with van der Waals surface area (Å²) in [6, 6.07) is -0.533. The molecule has 150 valence electrons. The number of carbonyl (C=O) groups is 3. The molecule has 0 saturated carbocycles. The van der Waals surface area contributed by atoms with Gasteiger partial charge < -0.3 is 14.0 Å². The lowest BCUT2D eigenvalue weighted by Crippen LogP contribution is -2.69. The monoisotopic (exact) mass is 385 g/mol. The average molecular weight is 386 g/mol. The fraction of sp³-hybridized carbons (Fsp3) is 0.842. The molecule has 1 aliphatic rings. The summed E-state index contributed by atoms with van der Waals surface area (Å²) in [6.07, 6.45) is -0.285. The third-order valence-corrected chi connectivity index (χ3v) is 9.90. The third-order valence-electron chi connectivity index (χ3n) is 5.32. The molecule has 4 atom stereocenters. The van der Waals surface area contributed by atoms with Gasteiger partial charge in [-0.25, -0.2) is 9.69 Å². The second-order valence-corrected chi connectivity index (χ2v) is 14.5. The quantitative estimate of drug-likeness (QED) is 0.406. The Bertz CT molecular complexity index is 561. The summed E-state index contributed by atoms with van der Waals surface area (Å²) in [5.41, 5.74) is -0.708. The molecular formula is C19H35NO5Si. The van der Waals surface area contributed by atoms with Crippen molar-refractivity contribution >= 4 is 26.6 Å². The van der Waals surface area contributed by atoms with Gasteiger partial charge in [-0.15, -0.1) is 0 Å². The number of imide groups is 1. The summed E-state index contributed by atoms with van der Waals surface area (Å²) in [4.78, 5) is 37.6. The van der Waals surface area contributed by atoms with Gasteiger partial charge in [0, 0.05) is 5.92 Å². The average Bonchev–Trinajstić information content (AvgIpc) is 2.39. The molecule has 0 unspecified atom stereocenters. The van der Waals surface area contributed by atoms with E-state index in [2.05, 4.69) is 33.9 Å². The Morgan fingerprint density at radius 2 is 1.65 bits per heavy atom. The van der Waals surface area contributed by atoms with Gasteiger partial charge in [0.2, 0.25) is 5.91 Å². The van der Waals surface area contributed by atoms with Crippen molar-refractivity contribution in [3.8, 4) is 0 Å². The van der Waals surface area contributed by atoms with Gasteiger partial charge in [-0.1, -0.05) is 27.7 Å². The van der Waals surface area contributed by atoms with Crippen LogP contribution in [0, 0.1) is 11.8 Å². The van der Waals surface area contributed by atoms with Crippen LogP contribution in [0.25, 0.3) is 0 Å². The zero-order chi connectivity index (χ0) is 20.7. The lowest BCUT2D eigenvalue weighted by molar-refractivity contribution is -0.164. The molecule has 0 aliphatic carbocycles. The number of likely N-dealkylation sites (tertiary alicyclic amines) is 1. The number of hydrogen-bond acceptors (Lipinski definition) is 5. The predicted octanol–water partition coefficient (Wildman–Crippen LogP) is 3.99. The van der Waals surface area contributed by atoms with Crippen LogP contribution in [0.15, 0.2) is 0 Å². The molecule has 0 aromatic rings. The van der Waals surface area contributed by atoms with E-state index in [0.29, 0.717) is 0 Å². The van der Waals surface area contributed by atoms with Crippen molar-refractivity contribution in [2.75, 3.05) is 0 Å². The first-order valence-electron chi connectivity index (χ1n) is 9.22. The van der Waals surface area contributed by atoms with E-state index in [4.69, 9.17) is 9.16 Å². The summed E-state index contributed by atoms with van der Waals surface area (Å²) in [6.45, 7) is 19.4. The number of carbonyl (C=O) groups excluding carboxylic acids is 3. The molecule has 1 saturated heterocycles. The predicted molar refractivity (Wildman–Crippen MR) is 103 cm³/mol. The van der Waals surface area contributed by atoms with E-state index in [9.17, 15) is 14.4 Å². The largest absolute Gasteiger partial charge is 0.443 e. The highest BCUT2D eigenvalue weighted by Crippen LogP contribution is 2.42. The van der Waals surface area contributed by atoms with Crippen molar-refractivity contribution in [1.29, 1.82) is 0 Å². The SMILES string of the molecule is C[C@H](C=O)[C@@H]1[C@@H]([C@@H](C)O[Si](C)(C)C(C)(C)C)C(=O)N1C(=O)OC(C)(C)C. The first kappa shape index (κ1) is 22.8. The van der Waals surface area contributed by atoms with Crippen LogP contribution < -0.4 is 0 Å². The molecule has 1 fully saturated rings. The number of hydrogen-bond donors (Lipinski definition) is 0. The highest BCUT2D eigenvalue weighted by atomic mass is 28.4. The van der Waals surface area contributed by atoms with Crippen LogP contribution in [-0.2, 0) is 18.8 Å². The lowest BCUT2D eigenvalue weighted by atomic mass is 9.77. The summed E-state index contributed by atoms with van der Waals surface area (Å²) < 4.78 is 11.7. The smallest absolute Gasteiger partial charge is 0.417 e. The second kappa shape index (κ2) is 7.42. The van der Waals surface area contributed by atoms with Crippen LogP contribution in [-0.4, -0.2) is 49.3 Å². The zero-order valence-corrected chi connectivity index (χ0v) is 18.9. The minimum atomic E-state index is -2.08. The number of nitrogens with zero attached hydrogens (tertiary/aromatic N) is 1. The highest BCUT2D eigenvalue weighted by molar-refractivity contribution is 6.74. The van der Waals surface area contributed by atoms with Crippen LogP contribution in [0.3, 0.4) is 0 Å². The van der Waals surface area contributed by atoms with Gasteiger partial charge in [0.1, 0.15) is 11.9 Å². The molecule has 0 N–H and O–H groups in total. The Morgan fingerprint density at radius 3 is 2.04 bits per heavy atom. The molecule has 1 aliphatic heterocycles. The molecular weight excluding hydrogens is 350 g/mol. The van der Waals surface area contributed by atoms with Gasteiger partial charge >= 0.3 is 6.09 Å². The van der Waals surface area contributed by atoms with E-state index >= 15 is 0 Å². The maximum Gasteiger partial charge on any atom is 0.417 e. The van der Waals surface area contributed by atoms with Crippen molar-refractivity contribution in [1.82, 2.24) is 4.90 Å². The number of ether oxygens (including phenoxy) is 1. The minimum absolute atomic E-state index is 0.00464. The van der Waals surface area contributed by atoms with Crippen LogP contribution >= 0.6 is 0 Å². The van der Waals surface area contributed by atoms with E-state index < -0.39 is 37.9 Å². The summed E-state index contributed by atoms with van der Waals surface area (Å²) in [5.74, 6) is -1.32. The molecule has 26 heavy (non-hydrogen) atoms. The third kappa shape index (κ3) is 4.74. The number of amides is 2. The number of aldehydes is 1. The summed E-state index contributed by atoms with van der Waals surface area (Å²) >= 11 is 0. The van der Waals surface area contributed by atoms with Crippen molar-refractivity contribution < 1.29 is 23.5 Å². The van der Waals surface area contributed by atoms with Crippen molar-refractivity contribution in [3.63, 3.8) is 0 Å². The first-order valence-corrected chi connectivity index (χ1v) is 12.1. The Balaban J connectivity index is 3.04. The molecule has 0 spiro atoms. The molecule has 0 bridgehead atoms. The molecule has 1 heterocycles. The van der Waals surface area contributed by atoms with E-state index in [1.807, 2.05) is 6.92 Å². The highest BCUT2D eigenvalue weighted by Gasteiger charge is 2.57. The van der Waals surface area contributed by atoms with Gasteiger partial charge in [0.05, 0.1) is 18.1 Å². The van der Waals surface area contributed by atoms with Gasteiger partial charge in [-0.3, -0.25) is 4.79 Å². The van der Waals surface area contributed by atoms with Crippen LogP contribution in [0.1, 0.15) is 55.4 Å². The standard InChI is InChI=1S/C19H35NO5Si/c1-12(11-21)15-14(13(2)25-26(9,10)19(6,7)8)16(22)20(15)17(23)24-18(3,4)5/h11-15H,1-10H3/t12-,13-,14-,15-/m1/s1. The number of β-lactam (4-membered cyclic amide) rings is 1. The van der Waals surface area contributed by atoms with Crippen LogP contribution in [0.5, 0.6) is 0 Å². The fourth-order valence-corrected chi connectivity index (χ4v) is 4.32. The molecule has 7 heteroatoms. The van der Waals surface area contributed by atoms with E-state index in [0.717, 1.165) is 11.2 Å². The minimum Gasteiger partial charge on any atom is -0.443 e. The van der Waals surface area contributed by atoms with E-state index in [-0.39, 0.29) is 17.0 Å². The van der Waals surface area contributed by atoms with Gasteiger partial charge in [0.15, 0.2) is 8.32 Å². The van der Waals surface area contributed by atoms with E-state index in [1.54, 1.807) is 27.7 Å². The first-order chi connectivity index (χ1) is 11.5. The van der Waals surface area contributed by atoms with Gasteiger partial charge in [-0.05, 0) is 45.8 Å². The Kier molecular flexibility index (Phi) is 6.52. The maximum atomic E-state index is 12.7. The maximum absolute atomic E-state index is 12.7. The topological polar surface area (TPSA) is 72.9 Å². The van der Waals surface area contributed by atoms with Gasteiger partial charge in [0.25, 0.3) is 0 Å².